The number of carbonyl (C=O) groups is 2. The summed E-state index contributed by atoms with van der Waals surface area (Å²) in [4.78, 5) is 22.3. The lowest BCUT2D eigenvalue weighted by Gasteiger charge is -2.07. The summed E-state index contributed by atoms with van der Waals surface area (Å²) in [6.07, 6.45) is 0. The smallest absolute Gasteiger partial charge is 0.318 e. The third kappa shape index (κ3) is 4.38. The maximum atomic E-state index is 11.6. The van der Waals surface area contributed by atoms with Crippen LogP contribution in [0.3, 0.4) is 0 Å². The number of carbonyl (C=O) groups excluding carboxylic acids is 2. The molecular formula is C14H16N4O5S. The molecule has 1 unspecified atom stereocenters. The molecule has 0 aliphatic carbocycles. The Morgan fingerprint density at radius 1 is 1.21 bits per heavy atom. The first-order valence-electron chi connectivity index (χ1n) is 6.77. The molecule has 1 atom stereocenters. The standard InChI is InChI=1S/C14H16N4O5S/c1-7(11(19)16-13(15)20)24-14-18-17-12(23-14)8-4-9(21-2)6-10(5-8)22-3/h4-7H,1-3H3,(H3,15,16,19,20). The van der Waals surface area contributed by atoms with Gasteiger partial charge in [-0.15, -0.1) is 10.2 Å². The normalized spacial score (nSPS) is 11.6. The van der Waals surface area contributed by atoms with Gasteiger partial charge in [0.1, 0.15) is 11.5 Å². The number of hydrogen-bond acceptors (Lipinski definition) is 8. The maximum absolute atomic E-state index is 11.6. The highest BCUT2D eigenvalue weighted by molar-refractivity contribution is 8.00. The van der Waals surface area contributed by atoms with Gasteiger partial charge in [0.25, 0.3) is 5.22 Å². The van der Waals surface area contributed by atoms with Crippen LogP contribution in [0, 0.1) is 0 Å². The van der Waals surface area contributed by atoms with Crippen LogP contribution in [0.5, 0.6) is 11.5 Å². The fraction of sp³-hybridized carbons (Fsp3) is 0.286. The second-order valence-corrected chi connectivity index (χ2v) is 5.88. The molecule has 3 N–H and O–H groups in total. The number of nitrogens with one attached hydrogen (secondary N) is 1. The van der Waals surface area contributed by atoms with Crippen LogP contribution >= 0.6 is 11.8 Å². The lowest BCUT2D eigenvalue weighted by molar-refractivity contribution is -0.119. The summed E-state index contributed by atoms with van der Waals surface area (Å²) in [5.74, 6) is 0.851. The summed E-state index contributed by atoms with van der Waals surface area (Å²) in [5, 5.41) is 9.35. The molecule has 1 aromatic carbocycles. The predicted octanol–water partition coefficient (Wildman–Crippen LogP) is 1.43. The van der Waals surface area contributed by atoms with E-state index in [4.69, 9.17) is 19.6 Å². The number of amides is 3. The zero-order valence-electron chi connectivity index (χ0n) is 13.2. The molecule has 1 aromatic heterocycles. The van der Waals surface area contributed by atoms with Crippen molar-refractivity contribution in [3.8, 4) is 23.0 Å². The van der Waals surface area contributed by atoms with Gasteiger partial charge in [0.05, 0.1) is 19.5 Å². The van der Waals surface area contributed by atoms with E-state index in [1.807, 2.05) is 5.32 Å². The van der Waals surface area contributed by atoms with Crippen LogP contribution in [0.4, 0.5) is 4.79 Å². The van der Waals surface area contributed by atoms with Crippen LogP contribution < -0.4 is 20.5 Å². The summed E-state index contributed by atoms with van der Waals surface area (Å²) in [7, 11) is 3.07. The van der Waals surface area contributed by atoms with Crippen molar-refractivity contribution >= 4 is 23.7 Å². The van der Waals surface area contributed by atoms with Gasteiger partial charge in [-0.05, 0) is 19.1 Å². The van der Waals surface area contributed by atoms with Crippen molar-refractivity contribution in [2.45, 2.75) is 17.4 Å². The number of imide groups is 1. The van der Waals surface area contributed by atoms with Crippen LogP contribution in [-0.4, -0.2) is 41.6 Å². The Balaban J connectivity index is 2.16. The third-order valence-electron chi connectivity index (χ3n) is 2.90. The van der Waals surface area contributed by atoms with Crippen molar-refractivity contribution in [2.24, 2.45) is 5.73 Å². The largest absolute Gasteiger partial charge is 0.497 e. The number of nitrogens with zero attached hydrogens (tertiary/aromatic N) is 2. The summed E-state index contributed by atoms with van der Waals surface area (Å²) in [6, 6.07) is 4.23. The Kier molecular flexibility index (Phi) is 5.64. The molecule has 128 valence electrons. The van der Waals surface area contributed by atoms with Gasteiger partial charge >= 0.3 is 6.03 Å². The van der Waals surface area contributed by atoms with E-state index in [0.29, 0.717) is 17.1 Å². The molecule has 0 spiro atoms. The molecule has 0 saturated heterocycles. The summed E-state index contributed by atoms with van der Waals surface area (Å²) < 4.78 is 15.9. The number of ether oxygens (including phenoxy) is 2. The summed E-state index contributed by atoms with van der Waals surface area (Å²) in [5.41, 5.74) is 5.51. The molecule has 0 aliphatic rings. The topological polar surface area (TPSA) is 130 Å². The van der Waals surface area contributed by atoms with Crippen LogP contribution in [0.1, 0.15) is 6.92 Å². The first-order chi connectivity index (χ1) is 11.4. The van der Waals surface area contributed by atoms with Gasteiger partial charge in [-0.3, -0.25) is 10.1 Å². The SMILES string of the molecule is COc1cc(OC)cc(-c2nnc(SC(C)C(=O)NC(N)=O)o2)c1. The molecular weight excluding hydrogens is 336 g/mol. The molecule has 10 heteroatoms. The summed E-state index contributed by atoms with van der Waals surface area (Å²) in [6.45, 7) is 1.58. The van der Waals surface area contributed by atoms with Crippen molar-refractivity contribution in [3.05, 3.63) is 18.2 Å². The monoisotopic (exact) mass is 352 g/mol. The van der Waals surface area contributed by atoms with Gasteiger partial charge in [0, 0.05) is 11.6 Å². The van der Waals surface area contributed by atoms with Crippen molar-refractivity contribution in [1.82, 2.24) is 15.5 Å². The maximum Gasteiger partial charge on any atom is 0.318 e. The number of benzene rings is 1. The number of nitrogens with two attached hydrogens (primary N) is 1. The van der Waals surface area contributed by atoms with Gasteiger partial charge < -0.3 is 19.6 Å². The molecule has 1 heterocycles. The zero-order valence-corrected chi connectivity index (χ0v) is 14.0. The molecule has 0 saturated carbocycles. The zero-order chi connectivity index (χ0) is 17.7. The molecule has 0 aliphatic heterocycles. The number of primary amides is 1. The minimum Gasteiger partial charge on any atom is -0.497 e. The Bertz CT molecular complexity index is 726. The second kappa shape index (κ2) is 7.68. The Labute approximate surface area is 141 Å². The van der Waals surface area contributed by atoms with Crippen LogP contribution in [0.15, 0.2) is 27.8 Å². The van der Waals surface area contributed by atoms with E-state index >= 15 is 0 Å². The average molecular weight is 352 g/mol. The Morgan fingerprint density at radius 2 is 1.83 bits per heavy atom. The third-order valence-corrected chi connectivity index (χ3v) is 3.83. The van der Waals surface area contributed by atoms with E-state index in [2.05, 4.69) is 10.2 Å². The molecule has 0 radical (unpaired) electrons. The first-order valence-corrected chi connectivity index (χ1v) is 7.64. The van der Waals surface area contributed by atoms with Gasteiger partial charge in [0.2, 0.25) is 11.8 Å². The van der Waals surface area contributed by atoms with Crippen molar-refractivity contribution in [2.75, 3.05) is 14.2 Å². The number of rotatable bonds is 6. The number of thioether (sulfide) groups is 1. The minimum absolute atomic E-state index is 0.180. The quantitative estimate of drug-likeness (QED) is 0.747. The first kappa shape index (κ1) is 17.6. The van der Waals surface area contributed by atoms with Crippen molar-refractivity contribution < 1.29 is 23.5 Å². The number of urea groups is 1. The highest BCUT2D eigenvalue weighted by Crippen LogP contribution is 2.31. The molecule has 2 rings (SSSR count). The van der Waals surface area contributed by atoms with E-state index in [1.54, 1.807) is 25.1 Å². The lowest BCUT2D eigenvalue weighted by Crippen LogP contribution is -2.39. The van der Waals surface area contributed by atoms with Crippen molar-refractivity contribution in [1.29, 1.82) is 0 Å². The predicted molar refractivity (Wildman–Crippen MR) is 85.9 cm³/mol. The number of aromatic nitrogens is 2. The van der Waals surface area contributed by atoms with E-state index in [-0.39, 0.29) is 11.1 Å². The van der Waals surface area contributed by atoms with Gasteiger partial charge in [0.15, 0.2) is 0 Å². The highest BCUT2D eigenvalue weighted by atomic mass is 32.2. The molecule has 0 bridgehead atoms. The number of methoxy groups -OCH3 is 2. The lowest BCUT2D eigenvalue weighted by atomic mass is 10.2. The van der Waals surface area contributed by atoms with Crippen LogP contribution in [-0.2, 0) is 4.79 Å². The van der Waals surface area contributed by atoms with E-state index < -0.39 is 17.2 Å². The fourth-order valence-electron chi connectivity index (χ4n) is 1.73. The Morgan fingerprint density at radius 3 is 2.38 bits per heavy atom. The molecule has 24 heavy (non-hydrogen) atoms. The minimum atomic E-state index is -0.915. The van der Waals surface area contributed by atoms with Crippen LogP contribution in [0.25, 0.3) is 11.5 Å². The van der Waals surface area contributed by atoms with Crippen LogP contribution in [0.2, 0.25) is 0 Å². The van der Waals surface area contributed by atoms with E-state index in [0.717, 1.165) is 11.8 Å². The Hall–Kier alpha value is -2.75. The second-order valence-electron chi connectivity index (χ2n) is 4.59. The molecule has 3 amide bonds. The van der Waals surface area contributed by atoms with E-state index in [1.165, 1.54) is 14.2 Å². The average Bonchev–Trinajstić information content (AvgIpc) is 3.02. The van der Waals surface area contributed by atoms with E-state index in [9.17, 15) is 9.59 Å². The summed E-state index contributed by atoms with van der Waals surface area (Å²) >= 11 is 1.01. The highest BCUT2D eigenvalue weighted by Gasteiger charge is 2.20. The number of hydrogen-bond donors (Lipinski definition) is 2. The molecule has 9 nitrogen and oxygen atoms in total. The van der Waals surface area contributed by atoms with Gasteiger partial charge in [-0.25, -0.2) is 4.79 Å². The van der Waals surface area contributed by atoms with Gasteiger partial charge in [-0.1, -0.05) is 11.8 Å². The van der Waals surface area contributed by atoms with Gasteiger partial charge in [-0.2, -0.15) is 0 Å². The molecule has 2 aromatic rings. The van der Waals surface area contributed by atoms with Crippen molar-refractivity contribution in [3.63, 3.8) is 0 Å². The molecule has 0 fully saturated rings. The fourth-order valence-corrected chi connectivity index (χ4v) is 2.42.